The number of nitrogens with one attached hydrogen (secondary N) is 1. The molecule has 0 aliphatic rings. The highest BCUT2D eigenvalue weighted by atomic mass is 19.1. The summed E-state index contributed by atoms with van der Waals surface area (Å²) in [5.41, 5.74) is 6.06. The summed E-state index contributed by atoms with van der Waals surface area (Å²) in [6.07, 6.45) is 0. The minimum Gasteiger partial charge on any atom is -0.478 e. The SMILES string of the molecule is Cc1cc(Nc2c(F)cccc2F)cc(C(=O)O)c1N. The fourth-order valence-corrected chi connectivity index (χ4v) is 1.81. The van der Waals surface area contributed by atoms with Crippen LogP contribution in [0.25, 0.3) is 0 Å². The van der Waals surface area contributed by atoms with Gasteiger partial charge in [-0.2, -0.15) is 0 Å². The van der Waals surface area contributed by atoms with E-state index >= 15 is 0 Å². The van der Waals surface area contributed by atoms with Gasteiger partial charge < -0.3 is 16.2 Å². The number of benzene rings is 2. The number of carboxylic acid groups (broad SMARTS) is 1. The van der Waals surface area contributed by atoms with Crippen LogP contribution in [0.15, 0.2) is 30.3 Å². The molecule has 2 rings (SSSR count). The molecule has 104 valence electrons. The standard InChI is InChI=1S/C14H12F2N2O2/c1-7-5-8(6-9(12(7)17)14(19)20)18-13-10(15)3-2-4-11(13)16/h2-6,18H,17H2,1H3,(H,19,20). The summed E-state index contributed by atoms with van der Waals surface area (Å²) in [6, 6.07) is 6.21. The maximum atomic E-state index is 13.5. The summed E-state index contributed by atoms with van der Waals surface area (Å²) in [4.78, 5) is 11.1. The highest BCUT2D eigenvalue weighted by Gasteiger charge is 2.14. The second-order valence-corrected chi connectivity index (χ2v) is 4.28. The molecule has 2 aromatic carbocycles. The van der Waals surface area contributed by atoms with Crippen LogP contribution in [-0.4, -0.2) is 11.1 Å². The first kappa shape index (κ1) is 13.8. The second kappa shape index (κ2) is 5.16. The lowest BCUT2D eigenvalue weighted by molar-refractivity contribution is 0.0698. The Labute approximate surface area is 113 Å². The molecule has 2 aromatic rings. The molecule has 0 bridgehead atoms. The van der Waals surface area contributed by atoms with E-state index in [9.17, 15) is 13.6 Å². The van der Waals surface area contributed by atoms with Gasteiger partial charge >= 0.3 is 5.97 Å². The van der Waals surface area contributed by atoms with Gasteiger partial charge in [-0.3, -0.25) is 0 Å². The quantitative estimate of drug-likeness (QED) is 0.753. The van der Waals surface area contributed by atoms with Crippen LogP contribution in [-0.2, 0) is 0 Å². The molecule has 0 heterocycles. The Morgan fingerprint density at radius 1 is 1.25 bits per heavy atom. The monoisotopic (exact) mass is 278 g/mol. The van der Waals surface area contributed by atoms with Crippen LogP contribution in [0.1, 0.15) is 15.9 Å². The fourth-order valence-electron chi connectivity index (χ4n) is 1.81. The maximum absolute atomic E-state index is 13.5. The highest BCUT2D eigenvalue weighted by Crippen LogP contribution is 2.27. The first-order chi connectivity index (χ1) is 9.40. The van der Waals surface area contributed by atoms with Crippen molar-refractivity contribution >= 4 is 23.0 Å². The maximum Gasteiger partial charge on any atom is 0.337 e. The summed E-state index contributed by atoms with van der Waals surface area (Å²) < 4.78 is 27.1. The Hall–Kier alpha value is -2.63. The van der Waals surface area contributed by atoms with E-state index in [0.717, 1.165) is 12.1 Å². The van der Waals surface area contributed by atoms with Gasteiger partial charge in [-0.15, -0.1) is 0 Å². The predicted octanol–water partition coefficient (Wildman–Crippen LogP) is 3.30. The third-order valence-electron chi connectivity index (χ3n) is 2.85. The van der Waals surface area contributed by atoms with E-state index < -0.39 is 17.6 Å². The molecule has 0 spiro atoms. The molecule has 0 aliphatic heterocycles. The number of carboxylic acids is 1. The number of hydrogen-bond donors (Lipinski definition) is 3. The lowest BCUT2D eigenvalue weighted by Crippen LogP contribution is -2.06. The lowest BCUT2D eigenvalue weighted by atomic mass is 10.1. The topological polar surface area (TPSA) is 75.3 Å². The smallest absolute Gasteiger partial charge is 0.337 e. The minimum absolute atomic E-state index is 0.121. The minimum atomic E-state index is -1.21. The molecule has 4 N–H and O–H groups in total. The van der Waals surface area contributed by atoms with Crippen molar-refractivity contribution in [3.8, 4) is 0 Å². The Balaban J connectivity index is 2.47. The van der Waals surface area contributed by atoms with Gasteiger partial charge in [0.15, 0.2) is 0 Å². The van der Waals surface area contributed by atoms with Crippen LogP contribution in [0.4, 0.5) is 25.8 Å². The molecule has 0 amide bonds. The Morgan fingerprint density at radius 2 is 1.85 bits per heavy atom. The van der Waals surface area contributed by atoms with Crippen LogP contribution < -0.4 is 11.1 Å². The average molecular weight is 278 g/mol. The van der Waals surface area contributed by atoms with E-state index in [0.29, 0.717) is 5.56 Å². The first-order valence-corrected chi connectivity index (χ1v) is 5.74. The zero-order valence-corrected chi connectivity index (χ0v) is 10.6. The average Bonchev–Trinajstić information content (AvgIpc) is 2.37. The molecule has 0 saturated heterocycles. The van der Waals surface area contributed by atoms with E-state index in [4.69, 9.17) is 10.8 Å². The van der Waals surface area contributed by atoms with E-state index in [1.54, 1.807) is 6.92 Å². The molecule has 0 atom stereocenters. The molecule has 0 radical (unpaired) electrons. The van der Waals surface area contributed by atoms with Crippen LogP contribution in [0.2, 0.25) is 0 Å². The van der Waals surface area contributed by atoms with Crippen molar-refractivity contribution in [3.05, 3.63) is 53.1 Å². The van der Waals surface area contributed by atoms with Gasteiger partial charge in [0, 0.05) is 11.4 Å². The van der Waals surface area contributed by atoms with Crippen molar-refractivity contribution in [2.24, 2.45) is 0 Å². The lowest BCUT2D eigenvalue weighted by Gasteiger charge is -2.12. The summed E-state index contributed by atoms with van der Waals surface area (Å²) in [6.45, 7) is 1.62. The molecule has 0 unspecified atom stereocenters. The molecular weight excluding hydrogens is 266 g/mol. The van der Waals surface area contributed by atoms with Gasteiger partial charge in [0.2, 0.25) is 0 Å². The number of aromatic carboxylic acids is 1. The first-order valence-electron chi connectivity index (χ1n) is 5.74. The summed E-state index contributed by atoms with van der Waals surface area (Å²) >= 11 is 0. The molecule has 0 aromatic heterocycles. The molecule has 0 aliphatic carbocycles. The zero-order chi connectivity index (χ0) is 14.9. The number of para-hydroxylation sites is 1. The van der Waals surface area contributed by atoms with Crippen molar-refractivity contribution in [2.75, 3.05) is 11.1 Å². The molecular formula is C14H12F2N2O2. The van der Waals surface area contributed by atoms with Crippen LogP contribution in [0, 0.1) is 18.6 Å². The summed E-state index contributed by atoms with van der Waals surface area (Å²) in [5.74, 6) is -2.74. The van der Waals surface area contributed by atoms with Gasteiger partial charge in [-0.1, -0.05) is 6.07 Å². The van der Waals surface area contributed by atoms with E-state index in [1.165, 1.54) is 18.2 Å². The van der Waals surface area contributed by atoms with Crippen molar-refractivity contribution in [1.29, 1.82) is 0 Å². The van der Waals surface area contributed by atoms with Crippen molar-refractivity contribution < 1.29 is 18.7 Å². The van der Waals surface area contributed by atoms with Gasteiger partial charge in [0.1, 0.15) is 17.3 Å². The molecule has 4 nitrogen and oxygen atoms in total. The molecule has 6 heteroatoms. The molecule has 20 heavy (non-hydrogen) atoms. The Bertz CT molecular complexity index is 667. The fraction of sp³-hybridized carbons (Fsp3) is 0.0714. The Kier molecular flexibility index (Phi) is 3.56. The zero-order valence-electron chi connectivity index (χ0n) is 10.6. The van der Waals surface area contributed by atoms with Crippen molar-refractivity contribution in [1.82, 2.24) is 0 Å². The summed E-state index contributed by atoms with van der Waals surface area (Å²) in [5, 5.41) is 11.6. The van der Waals surface area contributed by atoms with Crippen molar-refractivity contribution in [3.63, 3.8) is 0 Å². The van der Waals surface area contributed by atoms with E-state index in [-0.39, 0.29) is 22.6 Å². The van der Waals surface area contributed by atoms with Gasteiger partial charge in [-0.05, 0) is 36.8 Å². The second-order valence-electron chi connectivity index (χ2n) is 4.28. The number of hydrogen-bond acceptors (Lipinski definition) is 3. The third-order valence-corrected chi connectivity index (χ3v) is 2.85. The van der Waals surface area contributed by atoms with Crippen LogP contribution in [0.3, 0.4) is 0 Å². The van der Waals surface area contributed by atoms with Gasteiger partial charge in [0.25, 0.3) is 0 Å². The Morgan fingerprint density at radius 3 is 2.40 bits per heavy atom. The van der Waals surface area contributed by atoms with Gasteiger partial charge in [0.05, 0.1) is 5.56 Å². The summed E-state index contributed by atoms with van der Waals surface area (Å²) in [7, 11) is 0. The highest BCUT2D eigenvalue weighted by molar-refractivity contribution is 5.96. The number of rotatable bonds is 3. The van der Waals surface area contributed by atoms with Crippen LogP contribution in [0.5, 0.6) is 0 Å². The number of carbonyl (C=O) groups is 1. The van der Waals surface area contributed by atoms with Crippen LogP contribution >= 0.6 is 0 Å². The van der Waals surface area contributed by atoms with Gasteiger partial charge in [-0.25, -0.2) is 13.6 Å². The normalized spacial score (nSPS) is 10.3. The number of halogens is 2. The number of nitrogen functional groups attached to an aromatic ring is 1. The van der Waals surface area contributed by atoms with E-state index in [2.05, 4.69) is 5.32 Å². The molecule has 0 saturated carbocycles. The number of anilines is 3. The molecule has 0 fully saturated rings. The predicted molar refractivity (Wildman–Crippen MR) is 72.2 cm³/mol. The number of nitrogens with two attached hydrogens (primary N) is 1. The largest absolute Gasteiger partial charge is 0.478 e. The van der Waals surface area contributed by atoms with E-state index in [1.807, 2.05) is 0 Å². The number of aryl methyl sites for hydroxylation is 1. The van der Waals surface area contributed by atoms with Crippen molar-refractivity contribution in [2.45, 2.75) is 6.92 Å². The third kappa shape index (κ3) is 2.54.